The zero-order valence-electron chi connectivity index (χ0n) is 42.6. The minimum atomic E-state index is -1.48. The fourth-order valence-electron chi connectivity index (χ4n) is 10.3. The van der Waals surface area contributed by atoms with E-state index in [-0.39, 0.29) is 58.2 Å². The molecular formula is C48H83N7O10. The van der Waals surface area contributed by atoms with Crippen molar-refractivity contribution in [1.29, 1.82) is 0 Å². The SMILES string of the molecule is COC(=O)C(O)C(CC1CCC1)NC(=O)[C@@H]1C2C(CN1C(=O)[C@@H](NC(=O)NC(C)(C)C)C(C)(C)C)C2(C)C.COC(=O)[C@@H]1C2C(CN1C(=O)[C@@H](NC(=O)NC(C)(C)C)C(C)(C)C)C2(C)C. The van der Waals surface area contributed by atoms with Crippen molar-refractivity contribution in [2.75, 3.05) is 27.3 Å². The number of aliphatic hydroxyl groups is 1. The van der Waals surface area contributed by atoms with Crippen molar-refractivity contribution in [3.63, 3.8) is 0 Å². The molecule has 3 saturated carbocycles. The maximum atomic E-state index is 14.0. The molecule has 6 N–H and O–H groups in total. The molecule has 5 rings (SSSR count). The predicted octanol–water partition coefficient (Wildman–Crippen LogP) is 4.35. The summed E-state index contributed by atoms with van der Waals surface area (Å²) in [6, 6.07) is -4.58. The molecular weight excluding hydrogens is 835 g/mol. The van der Waals surface area contributed by atoms with Gasteiger partial charge in [-0.3, -0.25) is 14.4 Å². The number of ether oxygens (including phenoxy) is 2. The second-order valence-electron chi connectivity index (χ2n) is 24.7. The molecule has 5 aliphatic rings. The van der Waals surface area contributed by atoms with Gasteiger partial charge >= 0.3 is 24.0 Å². The van der Waals surface area contributed by atoms with Gasteiger partial charge in [-0.05, 0) is 93.3 Å². The molecule has 7 amide bonds. The molecule has 0 spiro atoms. The van der Waals surface area contributed by atoms with Crippen LogP contribution in [0.3, 0.4) is 0 Å². The number of nitrogens with one attached hydrogen (secondary N) is 5. The molecule has 370 valence electrons. The Morgan fingerprint density at radius 3 is 1.37 bits per heavy atom. The molecule has 17 nitrogen and oxygen atoms in total. The Morgan fingerprint density at radius 1 is 0.631 bits per heavy atom. The van der Waals surface area contributed by atoms with E-state index in [1.807, 2.05) is 83.1 Å². The van der Waals surface area contributed by atoms with Gasteiger partial charge in [-0.15, -0.1) is 0 Å². The van der Waals surface area contributed by atoms with E-state index in [1.165, 1.54) is 14.2 Å². The Morgan fingerprint density at radius 2 is 1.03 bits per heavy atom. The van der Waals surface area contributed by atoms with Gasteiger partial charge in [0, 0.05) is 30.1 Å². The number of carbonyl (C=O) groups is 7. The second kappa shape index (κ2) is 18.9. The van der Waals surface area contributed by atoms with Gasteiger partial charge in [-0.2, -0.15) is 0 Å². The summed E-state index contributed by atoms with van der Waals surface area (Å²) >= 11 is 0. The lowest BCUT2D eigenvalue weighted by Gasteiger charge is -2.39. The first-order valence-electron chi connectivity index (χ1n) is 23.4. The second-order valence-corrected chi connectivity index (χ2v) is 24.7. The largest absolute Gasteiger partial charge is 0.467 e. The number of nitrogens with zero attached hydrogens (tertiary/aromatic N) is 2. The summed E-state index contributed by atoms with van der Waals surface area (Å²) in [5.41, 5.74) is -2.09. The highest BCUT2D eigenvalue weighted by Gasteiger charge is 2.71. The van der Waals surface area contributed by atoms with E-state index >= 15 is 0 Å². The highest BCUT2D eigenvalue weighted by atomic mass is 16.5. The fraction of sp³-hybridized carbons (Fsp3) is 0.854. The summed E-state index contributed by atoms with van der Waals surface area (Å²) < 4.78 is 9.73. The van der Waals surface area contributed by atoms with Crippen LogP contribution in [0.2, 0.25) is 0 Å². The van der Waals surface area contributed by atoms with Gasteiger partial charge in [-0.25, -0.2) is 19.2 Å². The van der Waals surface area contributed by atoms with Crippen molar-refractivity contribution in [3.8, 4) is 0 Å². The Balaban J connectivity index is 0.000000302. The van der Waals surface area contributed by atoms with Gasteiger partial charge in [0.25, 0.3) is 0 Å². The number of aliphatic hydroxyl groups excluding tert-OH is 1. The van der Waals surface area contributed by atoms with Gasteiger partial charge in [0.2, 0.25) is 17.7 Å². The first kappa shape index (κ1) is 53.5. The zero-order chi connectivity index (χ0) is 49.7. The van der Waals surface area contributed by atoms with Crippen molar-refractivity contribution in [2.45, 2.75) is 184 Å². The van der Waals surface area contributed by atoms with Crippen LogP contribution in [0.4, 0.5) is 9.59 Å². The highest BCUT2D eigenvalue weighted by molar-refractivity contribution is 5.95. The molecule has 0 aromatic carbocycles. The molecule has 2 aliphatic heterocycles. The van der Waals surface area contributed by atoms with Crippen LogP contribution in [-0.2, 0) is 33.4 Å². The van der Waals surface area contributed by atoms with Crippen molar-refractivity contribution in [3.05, 3.63) is 0 Å². The lowest BCUT2D eigenvalue weighted by Crippen LogP contribution is -2.62. The topological polar surface area (TPSA) is 225 Å². The summed E-state index contributed by atoms with van der Waals surface area (Å²) in [4.78, 5) is 94.1. The first-order chi connectivity index (χ1) is 29.5. The lowest BCUT2D eigenvalue weighted by molar-refractivity contribution is -0.154. The predicted molar refractivity (Wildman–Crippen MR) is 246 cm³/mol. The molecule has 0 bridgehead atoms. The lowest BCUT2D eigenvalue weighted by atomic mass is 9.79. The van der Waals surface area contributed by atoms with Crippen LogP contribution in [-0.4, -0.2) is 131 Å². The molecule has 0 aromatic rings. The summed E-state index contributed by atoms with van der Waals surface area (Å²) in [6.45, 7) is 31.9. The average Bonchev–Trinajstić information content (AvgIpc) is 3.59. The van der Waals surface area contributed by atoms with Crippen molar-refractivity contribution < 1.29 is 48.1 Å². The molecule has 2 heterocycles. The summed E-state index contributed by atoms with van der Waals surface area (Å²) in [7, 11) is 2.56. The molecule has 0 radical (unpaired) electrons. The van der Waals surface area contributed by atoms with E-state index in [2.05, 4.69) is 54.3 Å². The molecule has 3 aliphatic carbocycles. The van der Waals surface area contributed by atoms with Gasteiger partial charge < -0.3 is 51.0 Å². The normalized spacial score (nSPS) is 27.1. The molecule has 0 aromatic heterocycles. The number of hydrogen-bond acceptors (Lipinski definition) is 10. The number of piperidine rings is 2. The van der Waals surface area contributed by atoms with E-state index in [1.54, 1.807) is 9.80 Å². The molecule has 5 fully saturated rings. The van der Waals surface area contributed by atoms with E-state index in [0.29, 0.717) is 25.4 Å². The van der Waals surface area contributed by atoms with Crippen LogP contribution in [0, 0.1) is 51.2 Å². The van der Waals surface area contributed by atoms with E-state index in [0.717, 1.165) is 19.3 Å². The van der Waals surface area contributed by atoms with Crippen LogP contribution in [0.25, 0.3) is 0 Å². The van der Waals surface area contributed by atoms with Gasteiger partial charge in [0.15, 0.2) is 6.10 Å². The minimum Gasteiger partial charge on any atom is -0.467 e. The zero-order valence-corrected chi connectivity index (χ0v) is 42.6. The number of carbonyl (C=O) groups excluding carboxylic acids is 7. The minimum absolute atomic E-state index is 0.0317. The number of amides is 7. The Labute approximate surface area is 387 Å². The highest BCUT2D eigenvalue weighted by Crippen LogP contribution is 2.66. The first-order valence-corrected chi connectivity index (χ1v) is 23.4. The number of likely N-dealkylation sites (tertiary alicyclic amines) is 2. The van der Waals surface area contributed by atoms with Gasteiger partial charge in [0.1, 0.15) is 24.2 Å². The molecule has 2 saturated heterocycles. The number of hydrogen-bond donors (Lipinski definition) is 6. The van der Waals surface area contributed by atoms with Gasteiger partial charge in [-0.1, -0.05) is 88.5 Å². The van der Waals surface area contributed by atoms with E-state index < -0.39 is 76.3 Å². The summed E-state index contributed by atoms with van der Waals surface area (Å²) in [5, 5.41) is 24.9. The monoisotopic (exact) mass is 918 g/mol. The maximum Gasteiger partial charge on any atom is 0.336 e. The Kier molecular flexibility index (Phi) is 15.5. The van der Waals surface area contributed by atoms with Crippen LogP contribution < -0.4 is 26.6 Å². The number of urea groups is 2. The third kappa shape index (κ3) is 12.3. The van der Waals surface area contributed by atoms with Crippen molar-refractivity contribution in [2.24, 2.45) is 51.2 Å². The Hall–Kier alpha value is -4.15. The van der Waals surface area contributed by atoms with Crippen LogP contribution in [0.1, 0.15) is 136 Å². The number of rotatable bonds is 11. The standard InChI is InChI=1S/C28H48N4O6.C20H35N3O4/c1-26(2,3)21(30-25(37)31-27(4,5)6)23(35)32-14-16-18(28(16,7)8)19(32)22(34)29-17(13-15-11-10-12-15)20(33)24(36)38-9;1-18(2,3)14(21-17(26)22-19(4,5)6)15(24)23-10-11-12(20(11,7)8)13(23)16(25)27-9/h15-21,33H,10-14H2,1-9H3,(H,29,34)(H2,30,31,37);11-14H,10H2,1-9H3,(H2,21,22,26)/t16?,17?,18?,19-,20?,21+;11?,12?,13-,14+/m00/s1. The molecule has 6 unspecified atom stereocenters. The molecule has 65 heavy (non-hydrogen) atoms. The Bertz CT molecular complexity index is 1820. The van der Waals surface area contributed by atoms with Crippen LogP contribution in [0.15, 0.2) is 0 Å². The van der Waals surface area contributed by atoms with E-state index in [9.17, 15) is 38.7 Å². The average molecular weight is 918 g/mol. The summed E-state index contributed by atoms with van der Waals surface area (Å²) in [5.74, 6) is -1.27. The van der Waals surface area contributed by atoms with Crippen LogP contribution >= 0.6 is 0 Å². The molecule has 17 heteroatoms. The van der Waals surface area contributed by atoms with Crippen molar-refractivity contribution in [1.82, 2.24) is 36.4 Å². The number of methoxy groups -OCH3 is 2. The smallest absolute Gasteiger partial charge is 0.336 e. The third-order valence-electron chi connectivity index (χ3n) is 14.4. The van der Waals surface area contributed by atoms with Crippen LogP contribution in [0.5, 0.6) is 0 Å². The van der Waals surface area contributed by atoms with Crippen molar-refractivity contribution >= 4 is 41.7 Å². The number of esters is 2. The van der Waals surface area contributed by atoms with E-state index in [4.69, 9.17) is 9.47 Å². The summed E-state index contributed by atoms with van der Waals surface area (Å²) in [6.07, 6.45) is 2.05. The number of fused-ring (bicyclic) bond motifs is 2. The maximum absolute atomic E-state index is 14.0. The fourth-order valence-corrected chi connectivity index (χ4v) is 10.3. The quantitative estimate of drug-likeness (QED) is 0.161. The third-order valence-corrected chi connectivity index (χ3v) is 14.4. The molecule has 10 atom stereocenters. The van der Waals surface area contributed by atoms with Gasteiger partial charge in [0.05, 0.1) is 20.3 Å².